The normalized spacial score (nSPS) is 14.1. The predicted octanol–water partition coefficient (Wildman–Crippen LogP) is 19.7. The molecule has 0 saturated heterocycles. The van der Waals surface area contributed by atoms with E-state index >= 15 is 0 Å². The minimum Gasteiger partial charge on any atom is -0.661 e. The van der Waals surface area contributed by atoms with E-state index in [9.17, 15) is 4.39 Å². The van der Waals surface area contributed by atoms with Crippen molar-refractivity contribution in [2.24, 2.45) is 5.92 Å². The van der Waals surface area contributed by atoms with Crippen LogP contribution in [0.5, 0.6) is 0 Å². The van der Waals surface area contributed by atoms with Crippen molar-refractivity contribution in [3.8, 4) is 44.6 Å². The van der Waals surface area contributed by atoms with Gasteiger partial charge in [-0.25, -0.2) is 11.3 Å². The fourth-order valence-electron chi connectivity index (χ4n) is 10.9. The third-order valence-electron chi connectivity index (χ3n) is 15.1. The zero-order chi connectivity index (χ0) is 53.9. The Morgan fingerprint density at radius 3 is 1.90 bits per heavy atom. The van der Waals surface area contributed by atoms with Gasteiger partial charge in [-0.2, -0.15) is 12.1 Å². The third-order valence-corrected chi connectivity index (χ3v) is 18.3. The van der Waals surface area contributed by atoms with Gasteiger partial charge in [0.2, 0.25) is 0 Å². The number of hydrogen-bond donors (Lipinski definition) is 0. The summed E-state index contributed by atoms with van der Waals surface area (Å²) in [5.74, 6) is -0.807. The Balaban J connectivity index is 0.000000233. The number of benzene rings is 9. The number of anilines is 2. The maximum absolute atomic E-state index is 13.1. The summed E-state index contributed by atoms with van der Waals surface area (Å²) < 4.78 is 24.3. The van der Waals surface area contributed by atoms with E-state index in [0.717, 1.165) is 82.9 Å². The number of aromatic nitrogens is 2. The fraction of sp³-hybridized carbons (Fsp3) is 0.143. The van der Waals surface area contributed by atoms with E-state index in [0.29, 0.717) is 0 Å². The average Bonchev–Trinajstić information content (AvgIpc) is 4.10. The Bertz CT molecular complexity index is 4200. The van der Waals surface area contributed by atoms with E-state index in [2.05, 4.69) is 232 Å². The molecule has 12 aromatic rings. The van der Waals surface area contributed by atoms with E-state index in [1.165, 1.54) is 54.7 Å². The van der Waals surface area contributed by atoms with Crippen molar-refractivity contribution in [1.82, 2.24) is 9.97 Å². The molecule has 1 aliphatic rings. The summed E-state index contributed by atoms with van der Waals surface area (Å²) in [4.78, 5) is 12.2. The number of thiophene rings is 1. The molecule has 0 amide bonds. The van der Waals surface area contributed by atoms with Crippen LogP contribution in [0, 0.1) is 30.8 Å². The van der Waals surface area contributed by atoms with Gasteiger partial charge in [0.25, 0.3) is 0 Å². The predicted molar refractivity (Wildman–Crippen MR) is 328 cm³/mol. The first-order valence-electron chi connectivity index (χ1n) is 26.9. The van der Waals surface area contributed by atoms with Crippen LogP contribution >= 0.6 is 11.3 Å². The van der Waals surface area contributed by atoms with E-state index < -0.39 is 14.0 Å². The Morgan fingerprint density at radius 2 is 1.26 bits per heavy atom. The largest absolute Gasteiger partial charge is 3.00 e. The molecule has 3 aromatic heterocycles. The Labute approximate surface area is 477 Å². The maximum atomic E-state index is 13.1. The summed E-state index contributed by atoms with van der Waals surface area (Å²) in [7, 11) is -1.62. The van der Waals surface area contributed by atoms with Gasteiger partial charge >= 0.3 is 20.1 Å². The van der Waals surface area contributed by atoms with Gasteiger partial charge in [-0.1, -0.05) is 221 Å². The summed E-state index contributed by atoms with van der Waals surface area (Å²) in [6, 6.07) is 74.0. The van der Waals surface area contributed by atoms with Crippen LogP contribution in [0.4, 0.5) is 21.5 Å². The Morgan fingerprint density at radius 1 is 0.641 bits per heavy atom. The molecule has 0 N–H and O–H groups in total. The van der Waals surface area contributed by atoms with E-state index in [4.69, 9.17) is 11.7 Å². The smallest absolute Gasteiger partial charge is 0.661 e. The molecule has 0 saturated carbocycles. The van der Waals surface area contributed by atoms with Crippen LogP contribution in [0.2, 0.25) is 19.6 Å². The molecular weight excluding hydrogens is 1170 g/mol. The second-order valence-corrected chi connectivity index (χ2v) is 27.5. The van der Waals surface area contributed by atoms with Gasteiger partial charge in [-0.15, -0.1) is 46.6 Å². The summed E-state index contributed by atoms with van der Waals surface area (Å²) in [6.07, 6.45) is 3.55. The van der Waals surface area contributed by atoms with Crippen molar-refractivity contribution >= 4 is 83.5 Å². The number of pyridine rings is 2. The quantitative estimate of drug-likeness (QED) is 0.0822. The van der Waals surface area contributed by atoms with Crippen molar-refractivity contribution in [2.75, 3.05) is 4.90 Å². The SMILES string of the molecule is Cc1c[c-]c(C2[N-]c3c(c4ccccc4c4ccccc34)N2c2cc(-c3ccccc3)ccc2-c2ccccc2)c2sc3cc(-c4ccccc4)cnc3c12.[2H]C(C)(c1cc(-c2[c-]cc(F)cc2)ncc1[Si](C)(C)C)C(C)C.[Ir+3]. The molecule has 4 nitrogen and oxygen atoms in total. The summed E-state index contributed by atoms with van der Waals surface area (Å²) >= 11 is 1.80. The molecule has 78 heavy (non-hydrogen) atoms. The Kier molecular flexibility index (Phi) is 14.2. The van der Waals surface area contributed by atoms with Crippen LogP contribution in [0.3, 0.4) is 0 Å². The van der Waals surface area contributed by atoms with Crippen LogP contribution in [0.25, 0.3) is 91.8 Å². The van der Waals surface area contributed by atoms with Crippen molar-refractivity contribution in [1.29, 1.82) is 0 Å². The van der Waals surface area contributed by atoms with Crippen molar-refractivity contribution < 1.29 is 25.9 Å². The molecule has 2 atom stereocenters. The van der Waals surface area contributed by atoms with Crippen LogP contribution in [0.1, 0.15) is 50.9 Å². The first-order chi connectivity index (χ1) is 37.7. The van der Waals surface area contributed by atoms with Gasteiger partial charge in [0.15, 0.2) is 0 Å². The number of hydrogen-bond acceptors (Lipinski definition) is 4. The topological polar surface area (TPSA) is 43.1 Å². The minimum absolute atomic E-state index is 0. The van der Waals surface area contributed by atoms with Crippen LogP contribution in [0.15, 0.2) is 207 Å². The molecular formula is C70H58FIrN4SSi. The molecule has 0 fully saturated rings. The summed E-state index contributed by atoms with van der Waals surface area (Å²) in [6.45, 7) is 15.1. The molecule has 9 aromatic carbocycles. The van der Waals surface area contributed by atoms with E-state index in [1.54, 1.807) is 17.4 Å². The van der Waals surface area contributed by atoms with E-state index in [1.807, 2.05) is 25.4 Å². The van der Waals surface area contributed by atoms with Gasteiger partial charge < -0.3 is 15.2 Å². The van der Waals surface area contributed by atoms with Gasteiger partial charge in [-0.3, -0.25) is 9.37 Å². The molecule has 4 heterocycles. The summed E-state index contributed by atoms with van der Waals surface area (Å²) in [5.41, 5.74) is 16.0. The first-order valence-corrected chi connectivity index (χ1v) is 30.7. The molecule has 384 valence electrons. The molecule has 0 spiro atoms. The maximum Gasteiger partial charge on any atom is 3.00 e. The second kappa shape index (κ2) is 21.7. The molecule has 0 bridgehead atoms. The third kappa shape index (κ3) is 9.77. The monoisotopic (exact) mass is 1230 g/mol. The summed E-state index contributed by atoms with van der Waals surface area (Å²) in [5, 5.41) is 12.9. The van der Waals surface area contributed by atoms with Crippen LogP contribution in [-0.4, -0.2) is 18.0 Å². The van der Waals surface area contributed by atoms with Gasteiger partial charge in [0, 0.05) is 52.2 Å². The zero-order valence-corrected chi connectivity index (χ0v) is 48.9. The number of rotatable bonds is 9. The van der Waals surface area contributed by atoms with Crippen LogP contribution < -0.4 is 10.1 Å². The molecule has 2 unspecified atom stereocenters. The minimum atomic E-state index is -1.62. The van der Waals surface area contributed by atoms with Gasteiger partial charge in [-0.05, 0) is 79.4 Å². The Hall–Kier alpha value is -7.58. The molecule has 13 rings (SSSR count). The number of halogens is 1. The van der Waals surface area contributed by atoms with Crippen molar-refractivity contribution in [3.05, 3.63) is 246 Å². The van der Waals surface area contributed by atoms with Crippen molar-refractivity contribution in [2.45, 2.75) is 59.4 Å². The zero-order valence-electron chi connectivity index (χ0n) is 45.7. The fourth-order valence-corrected chi connectivity index (χ4v) is 13.7. The number of fused-ring (bicyclic) bond motifs is 9. The molecule has 0 radical (unpaired) electrons. The van der Waals surface area contributed by atoms with Crippen molar-refractivity contribution in [3.63, 3.8) is 0 Å². The second-order valence-electron chi connectivity index (χ2n) is 21.4. The van der Waals surface area contributed by atoms with Gasteiger partial charge in [0.1, 0.15) is 0 Å². The molecule has 0 aliphatic carbocycles. The van der Waals surface area contributed by atoms with Gasteiger partial charge in [0.05, 0.1) is 13.6 Å². The molecule has 1 aliphatic heterocycles. The molecule has 8 heteroatoms. The average molecular weight is 1230 g/mol. The number of nitrogens with zero attached hydrogens (tertiary/aromatic N) is 4. The van der Waals surface area contributed by atoms with Crippen LogP contribution in [-0.2, 0) is 20.1 Å². The van der Waals surface area contributed by atoms with E-state index in [-0.39, 0.29) is 38.0 Å². The first kappa shape index (κ1) is 51.2. The number of aryl methyl sites for hydroxylation is 1. The standard InChI is InChI=1S/C51H33N3S.C19H25FNSi.Ir/c1-32-25-27-43(50-46(32)48-45(55-50)30-37(31-52-48)34-17-7-3-8-18-34)51-53-47-41-23-13-11-21-39(41)40-22-12-14-24-42(40)49(47)54(51)44-29-36(33-15-5-2-6-16-33)26-28-38(44)35-19-9-4-10-20-35;1-13(2)14(3)17-11-18(15-7-9-16(20)10-8-15)21-12-19(17)22(4,5)6;/h2-26,28-31,51H,1H3;7,9-14H,1-6H3;/q-2;-1;+3/i;14D;.